The molecule has 1 N–H and O–H groups in total. The van der Waals surface area contributed by atoms with Crippen LogP contribution in [0.1, 0.15) is 80.1 Å². The van der Waals surface area contributed by atoms with Crippen LogP contribution in [0.2, 0.25) is 5.04 Å². The first-order chi connectivity index (χ1) is 16.1. The van der Waals surface area contributed by atoms with Crippen LogP contribution in [0.15, 0.2) is 84.0 Å². The predicted octanol–water partition coefficient (Wildman–Crippen LogP) is 6.93. The standard InChI is InChI=1S/C31H44O2Si/c1-25(15-13-16-26(2)22-23-29-31(5,6)33-29)17-14-24-30(3,4)34(32,27-18-9-7-10-19-27)28-20-11-8-12-21-28/h7-12,16-21,29,32H,13-15,22-24H2,1-6H3/b25-17+,26-16+. The Morgan fingerprint density at radius 2 is 1.35 bits per heavy atom. The Hall–Kier alpha value is -1.94. The van der Waals surface area contributed by atoms with Crippen LogP contribution in [-0.4, -0.2) is 24.8 Å². The van der Waals surface area contributed by atoms with Gasteiger partial charge in [0.15, 0.2) is 0 Å². The van der Waals surface area contributed by atoms with Gasteiger partial charge in [-0.2, -0.15) is 0 Å². The molecule has 3 heteroatoms. The van der Waals surface area contributed by atoms with E-state index in [0.29, 0.717) is 6.10 Å². The van der Waals surface area contributed by atoms with E-state index >= 15 is 0 Å². The SMILES string of the molecule is C/C(=C\CCC(C)(C)[Si](O)(c1ccccc1)c1ccccc1)CC/C=C(\C)CCC1OC1(C)C. The quantitative estimate of drug-likeness (QED) is 0.205. The second-order valence-electron chi connectivity index (χ2n) is 11.3. The lowest BCUT2D eigenvalue weighted by Crippen LogP contribution is -2.65. The molecule has 184 valence electrons. The molecule has 0 radical (unpaired) electrons. The molecule has 1 aliphatic heterocycles. The highest BCUT2D eigenvalue weighted by Crippen LogP contribution is 2.40. The third-order valence-electron chi connectivity index (χ3n) is 7.62. The molecule has 0 aromatic heterocycles. The minimum Gasteiger partial charge on any atom is -0.424 e. The Balaban J connectivity index is 1.57. The molecule has 34 heavy (non-hydrogen) atoms. The highest BCUT2D eigenvalue weighted by atomic mass is 28.4. The zero-order valence-corrected chi connectivity index (χ0v) is 23.1. The number of hydrogen-bond acceptors (Lipinski definition) is 2. The van der Waals surface area contributed by atoms with Crippen LogP contribution in [0.3, 0.4) is 0 Å². The van der Waals surface area contributed by atoms with Crippen molar-refractivity contribution in [3.63, 3.8) is 0 Å². The van der Waals surface area contributed by atoms with Crippen LogP contribution in [-0.2, 0) is 4.74 Å². The first-order valence-electron chi connectivity index (χ1n) is 12.9. The van der Waals surface area contributed by atoms with Gasteiger partial charge in [0.05, 0.1) is 11.7 Å². The molecule has 0 amide bonds. The van der Waals surface area contributed by atoms with Gasteiger partial charge in [0.2, 0.25) is 0 Å². The summed E-state index contributed by atoms with van der Waals surface area (Å²) in [6.45, 7) is 13.3. The molecule has 0 spiro atoms. The number of ether oxygens (including phenoxy) is 1. The Kier molecular flexibility index (Phi) is 8.78. The van der Waals surface area contributed by atoms with E-state index in [0.717, 1.165) is 48.9 Å². The molecular weight excluding hydrogens is 432 g/mol. The van der Waals surface area contributed by atoms with Crippen molar-refractivity contribution in [3.8, 4) is 0 Å². The largest absolute Gasteiger partial charge is 0.424 e. The third-order valence-corrected chi connectivity index (χ3v) is 12.2. The predicted molar refractivity (Wildman–Crippen MR) is 148 cm³/mol. The van der Waals surface area contributed by atoms with Crippen molar-refractivity contribution < 1.29 is 9.53 Å². The molecular formula is C31H44O2Si. The lowest BCUT2D eigenvalue weighted by molar-refractivity contribution is 0.320. The number of benzene rings is 2. The fourth-order valence-corrected chi connectivity index (χ4v) is 8.77. The first kappa shape index (κ1) is 26.7. The monoisotopic (exact) mass is 476 g/mol. The van der Waals surface area contributed by atoms with Crippen molar-refractivity contribution in [1.29, 1.82) is 0 Å². The van der Waals surface area contributed by atoms with Gasteiger partial charge in [0.25, 0.3) is 8.32 Å². The molecule has 2 aromatic carbocycles. The highest BCUT2D eigenvalue weighted by molar-refractivity contribution is 6.98. The van der Waals surface area contributed by atoms with Crippen LogP contribution < -0.4 is 10.4 Å². The summed E-state index contributed by atoms with van der Waals surface area (Å²) in [7, 11) is -2.91. The maximum absolute atomic E-state index is 12.3. The van der Waals surface area contributed by atoms with Crippen LogP contribution in [0.5, 0.6) is 0 Å². The Morgan fingerprint density at radius 3 is 1.85 bits per heavy atom. The van der Waals surface area contributed by atoms with Gasteiger partial charge in [-0.25, -0.2) is 0 Å². The van der Waals surface area contributed by atoms with E-state index in [9.17, 15) is 4.80 Å². The van der Waals surface area contributed by atoms with Crippen molar-refractivity contribution in [2.75, 3.05) is 0 Å². The van der Waals surface area contributed by atoms with Gasteiger partial charge in [-0.3, -0.25) is 0 Å². The molecule has 0 bridgehead atoms. The smallest absolute Gasteiger partial charge is 0.258 e. The van der Waals surface area contributed by atoms with Gasteiger partial charge >= 0.3 is 0 Å². The van der Waals surface area contributed by atoms with E-state index in [2.05, 4.69) is 78.0 Å². The van der Waals surface area contributed by atoms with Crippen LogP contribution >= 0.6 is 0 Å². The van der Waals surface area contributed by atoms with Gasteiger partial charge in [-0.05, 0) is 81.6 Å². The molecule has 1 unspecified atom stereocenters. The minimum absolute atomic E-state index is 0.101. The van der Waals surface area contributed by atoms with Gasteiger partial charge in [-0.1, -0.05) is 97.8 Å². The molecule has 1 aliphatic rings. The normalized spacial score (nSPS) is 18.7. The van der Waals surface area contributed by atoms with E-state index < -0.39 is 8.32 Å². The van der Waals surface area contributed by atoms with Crippen molar-refractivity contribution in [2.24, 2.45) is 0 Å². The number of allylic oxidation sites excluding steroid dienone is 4. The van der Waals surface area contributed by atoms with Crippen LogP contribution in [0.25, 0.3) is 0 Å². The lowest BCUT2D eigenvalue weighted by atomic mass is 10.0. The number of rotatable bonds is 12. The molecule has 1 heterocycles. The zero-order valence-electron chi connectivity index (χ0n) is 22.1. The topological polar surface area (TPSA) is 32.8 Å². The van der Waals surface area contributed by atoms with Crippen LogP contribution in [0, 0.1) is 0 Å². The van der Waals surface area contributed by atoms with Gasteiger partial charge < -0.3 is 9.53 Å². The summed E-state index contributed by atoms with van der Waals surface area (Å²) >= 11 is 0. The third kappa shape index (κ3) is 6.59. The summed E-state index contributed by atoms with van der Waals surface area (Å²) < 4.78 is 5.70. The van der Waals surface area contributed by atoms with Crippen molar-refractivity contribution in [1.82, 2.24) is 0 Å². The summed E-state index contributed by atoms with van der Waals surface area (Å²) in [5.74, 6) is 0. The van der Waals surface area contributed by atoms with E-state index in [1.165, 1.54) is 11.1 Å². The number of hydrogen-bond donors (Lipinski definition) is 1. The Labute approximate surface area is 208 Å². The average Bonchev–Trinajstić information content (AvgIpc) is 3.44. The summed E-state index contributed by atoms with van der Waals surface area (Å²) in [6.07, 6.45) is 11.6. The highest BCUT2D eigenvalue weighted by Gasteiger charge is 2.49. The summed E-state index contributed by atoms with van der Waals surface area (Å²) in [6, 6.07) is 20.7. The molecule has 2 nitrogen and oxygen atoms in total. The summed E-state index contributed by atoms with van der Waals surface area (Å²) in [4.78, 5) is 12.3. The fraction of sp³-hybridized carbons (Fsp3) is 0.484. The van der Waals surface area contributed by atoms with E-state index in [1.807, 2.05) is 36.4 Å². The second-order valence-corrected chi connectivity index (χ2v) is 15.2. The molecule has 1 saturated heterocycles. The molecule has 0 saturated carbocycles. The number of epoxide rings is 1. The van der Waals surface area contributed by atoms with Gasteiger partial charge in [0.1, 0.15) is 0 Å². The molecule has 3 rings (SSSR count). The van der Waals surface area contributed by atoms with Crippen molar-refractivity contribution >= 4 is 18.7 Å². The minimum atomic E-state index is -2.91. The van der Waals surface area contributed by atoms with Crippen molar-refractivity contribution in [3.05, 3.63) is 84.0 Å². The summed E-state index contributed by atoms with van der Waals surface area (Å²) in [5.41, 5.74) is 3.02. The maximum Gasteiger partial charge on any atom is 0.258 e. The first-order valence-corrected chi connectivity index (χ1v) is 14.8. The molecule has 0 aliphatic carbocycles. The van der Waals surface area contributed by atoms with E-state index in [-0.39, 0.29) is 10.6 Å². The maximum atomic E-state index is 12.3. The van der Waals surface area contributed by atoms with E-state index in [1.54, 1.807) is 0 Å². The fourth-order valence-electron chi connectivity index (χ4n) is 5.02. The van der Waals surface area contributed by atoms with Gasteiger partial charge in [0, 0.05) is 0 Å². The molecule has 1 fully saturated rings. The molecule has 2 aromatic rings. The van der Waals surface area contributed by atoms with Crippen molar-refractivity contribution in [2.45, 2.75) is 96.8 Å². The Bertz CT molecular complexity index is 934. The zero-order chi connectivity index (χ0) is 24.8. The van der Waals surface area contributed by atoms with Gasteiger partial charge in [-0.15, -0.1) is 0 Å². The van der Waals surface area contributed by atoms with E-state index in [4.69, 9.17) is 4.74 Å². The second kappa shape index (κ2) is 11.2. The average molecular weight is 477 g/mol. The lowest BCUT2D eigenvalue weighted by Gasteiger charge is -2.41. The van der Waals surface area contributed by atoms with Crippen LogP contribution in [0.4, 0.5) is 0 Å². The molecule has 1 atom stereocenters. The Morgan fingerprint density at radius 1 is 0.882 bits per heavy atom. The summed E-state index contributed by atoms with van der Waals surface area (Å²) in [5, 5.41) is 1.99.